The number of alkyl halides is 3. The van der Waals surface area contributed by atoms with Crippen LogP contribution in [0, 0.1) is 19.9 Å². The van der Waals surface area contributed by atoms with Crippen molar-refractivity contribution in [1.29, 1.82) is 0 Å². The van der Waals surface area contributed by atoms with Crippen molar-refractivity contribution in [3.05, 3.63) is 63.0 Å². The summed E-state index contributed by atoms with van der Waals surface area (Å²) in [5, 5.41) is 1.39. The predicted molar refractivity (Wildman–Crippen MR) is 88.6 cm³/mol. The standard InChI is InChI=1S/C17H12Cl2F3N2/c1-9-7-24(8-12-13(18)4-3-5-14(12)19)16-10(2)23-15(6-11(9)16)17(20,21)22/h3-4,6-7H,8H2,1-2H3. The Labute approximate surface area is 146 Å². The van der Waals surface area contributed by atoms with Crippen molar-refractivity contribution in [3.8, 4) is 0 Å². The lowest BCUT2D eigenvalue weighted by atomic mass is 10.1. The van der Waals surface area contributed by atoms with Crippen molar-refractivity contribution in [1.82, 2.24) is 9.55 Å². The third-order valence-electron chi connectivity index (χ3n) is 3.84. The molecule has 7 heteroatoms. The number of hydrogen-bond acceptors (Lipinski definition) is 1. The fourth-order valence-electron chi connectivity index (χ4n) is 2.76. The van der Waals surface area contributed by atoms with Crippen molar-refractivity contribution < 1.29 is 13.2 Å². The number of nitrogens with zero attached hydrogens (tertiary/aromatic N) is 2. The minimum absolute atomic E-state index is 0.306. The van der Waals surface area contributed by atoms with Crippen LogP contribution in [0.15, 0.2) is 24.4 Å². The molecule has 0 aliphatic heterocycles. The molecule has 1 radical (unpaired) electrons. The third kappa shape index (κ3) is 2.98. The van der Waals surface area contributed by atoms with Gasteiger partial charge >= 0.3 is 6.18 Å². The summed E-state index contributed by atoms with van der Waals surface area (Å²) in [6.45, 7) is 3.65. The summed E-state index contributed by atoms with van der Waals surface area (Å²) < 4.78 is 40.7. The molecule has 125 valence electrons. The van der Waals surface area contributed by atoms with Crippen LogP contribution in [-0.2, 0) is 12.7 Å². The van der Waals surface area contributed by atoms with Crippen molar-refractivity contribution >= 4 is 34.1 Å². The van der Waals surface area contributed by atoms with E-state index in [0.29, 0.717) is 38.8 Å². The number of rotatable bonds is 2. The van der Waals surface area contributed by atoms with Crippen LogP contribution in [0.1, 0.15) is 22.5 Å². The van der Waals surface area contributed by atoms with Gasteiger partial charge in [0.25, 0.3) is 0 Å². The average Bonchev–Trinajstić information content (AvgIpc) is 2.79. The molecule has 0 aliphatic rings. The van der Waals surface area contributed by atoms with E-state index >= 15 is 0 Å². The molecule has 3 aromatic rings. The smallest absolute Gasteiger partial charge is 0.341 e. The fourth-order valence-corrected chi connectivity index (χ4v) is 3.25. The maximum absolute atomic E-state index is 13.0. The maximum atomic E-state index is 13.0. The summed E-state index contributed by atoms with van der Waals surface area (Å²) >= 11 is 12.3. The number of hydrogen-bond donors (Lipinski definition) is 0. The van der Waals surface area contributed by atoms with Gasteiger partial charge in [0.1, 0.15) is 5.69 Å². The van der Waals surface area contributed by atoms with Crippen LogP contribution in [0.2, 0.25) is 10.0 Å². The first-order valence-electron chi connectivity index (χ1n) is 7.07. The zero-order valence-corrected chi connectivity index (χ0v) is 14.3. The number of fused-ring (bicyclic) bond motifs is 1. The lowest BCUT2D eigenvalue weighted by Gasteiger charge is -2.12. The SMILES string of the molecule is Cc1cn(Cc2c(Cl)[c]ccc2Cl)c2c(C)nc(C(F)(F)F)cc12. The van der Waals surface area contributed by atoms with Gasteiger partial charge in [-0.1, -0.05) is 29.3 Å². The maximum Gasteiger partial charge on any atom is 0.433 e. The topological polar surface area (TPSA) is 17.8 Å². The molecule has 0 saturated heterocycles. The van der Waals surface area contributed by atoms with Gasteiger partial charge in [-0.05, 0) is 31.5 Å². The van der Waals surface area contributed by atoms with E-state index in [0.717, 1.165) is 11.6 Å². The normalized spacial score (nSPS) is 12.1. The minimum Gasteiger partial charge on any atom is -0.341 e. The van der Waals surface area contributed by atoms with Crippen molar-refractivity contribution in [3.63, 3.8) is 0 Å². The van der Waals surface area contributed by atoms with Crippen LogP contribution >= 0.6 is 23.2 Å². The summed E-state index contributed by atoms with van der Waals surface area (Å²) in [5.41, 5.74) is 1.44. The van der Waals surface area contributed by atoms with Crippen molar-refractivity contribution in [2.45, 2.75) is 26.6 Å². The molecule has 0 unspecified atom stereocenters. The molecule has 0 saturated carbocycles. The first-order valence-corrected chi connectivity index (χ1v) is 7.83. The Hall–Kier alpha value is -1.72. The molecule has 0 spiro atoms. The molecule has 2 heterocycles. The van der Waals surface area contributed by atoms with Crippen molar-refractivity contribution in [2.75, 3.05) is 0 Å². The summed E-state index contributed by atoms with van der Waals surface area (Å²) in [6.07, 6.45) is -2.70. The second-order valence-electron chi connectivity index (χ2n) is 5.54. The lowest BCUT2D eigenvalue weighted by Crippen LogP contribution is -2.09. The van der Waals surface area contributed by atoms with Crippen LogP contribution in [-0.4, -0.2) is 9.55 Å². The van der Waals surface area contributed by atoms with Crippen LogP contribution in [0.3, 0.4) is 0 Å². The summed E-state index contributed by atoms with van der Waals surface area (Å²) in [4.78, 5) is 3.71. The van der Waals surface area contributed by atoms with Gasteiger partial charge in [-0.15, -0.1) is 0 Å². The molecule has 0 bridgehead atoms. The van der Waals surface area contributed by atoms with E-state index in [1.165, 1.54) is 0 Å². The van der Waals surface area contributed by atoms with E-state index in [2.05, 4.69) is 11.1 Å². The van der Waals surface area contributed by atoms with Gasteiger partial charge in [0.2, 0.25) is 0 Å². The van der Waals surface area contributed by atoms with Gasteiger partial charge in [-0.25, -0.2) is 4.98 Å². The Morgan fingerprint density at radius 1 is 1.25 bits per heavy atom. The number of halogens is 5. The van der Waals surface area contributed by atoms with Gasteiger partial charge in [0.05, 0.1) is 22.8 Å². The van der Waals surface area contributed by atoms with Crippen LogP contribution in [0.5, 0.6) is 0 Å². The highest BCUT2D eigenvalue weighted by molar-refractivity contribution is 6.35. The summed E-state index contributed by atoms with van der Waals surface area (Å²) in [6, 6.07) is 7.24. The van der Waals surface area contributed by atoms with E-state index in [1.54, 1.807) is 32.2 Å². The quantitative estimate of drug-likeness (QED) is 0.554. The van der Waals surface area contributed by atoms with Gasteiger partial charge < -0.3 is 4.57 Å². The second-order valence-corrected chi connectivity index (χ2v) is 6.33. The molecule has 2 nitrogen and oxygen atoms in total. The van der Waals surface area contributed by atoms with Crippen LogP contribution < -0.4 is 0 Å². The first kappa shape index (κ1) is 17.1. The predicted octanol–water partition coefficient (Wildman–Crippen LogP) is 5.83. The summed E-state index contributed by atoms with van der Waals surface area (Å²) in [5.74, 6) is 0. The Morgan fingerprint density at radius 2 is 1.96 bits per heavy atom. The third-order valence-corrected chi connectivity index (χ3v) is 4.53. The molecule has 0 fully saturated rings. The minimum atomic E-state index is -4.48. The molecule has 0 atom stereocenters. The fraction of sp³-hybridized carbons (Fsp3) is 0.235. The number of aromatic nitrogens is 2. The molecule has 0 amide bonds. The van der Waals surface area contributed by atoms with Gasteiger partial charge in [-0.3, -0.25) is 0 Å². The van der Waals surface area contributed by atoms with E-state index < -0.39 is 11.9 Å². The Kier molecular flexibility index (Phi) is 4.26. The molecular formula is C17H12Cl2F3N2. The van der Waals surface area contributed by atoms with Crippen LogP contribution in [0.4, 0.5) is 13.2 Å². The molecule has 0 N–H and O–H groups in total. The van der Waals surface area contributed by atoms with Crippen molar-refractivity contribution in [2.24, 2.45) is 0 Å². The highest BCUT2D eigenvalue weighted by Crippen LogP contribution is 2.34. The van der Waals surface area contributed by atoms with E-state index in [4.69, 9.17) is 23.2 Å². The van der Waals surface area contributed by atoms with E-state index in [-0.39, 0.29) is 0 Å². The molecule has 24 heavy (non-hydrogen) atoms. The first-order chi connectivity index (χ1) is 11.2. The number of aryl methyl sites for hydroxylation is 2. The molecule has 2 aromatic heterocycles. The van der Waals surface area contributed by atoms with E-state index in [1.807, 2.05) is 4.57 Å². The zero-order valence-electron chi connectivity index (χ0n) is 12.8. The second kappa shape index (κ2) is 5.97. The molecule has 0 aliphatic carbocycles. The average molecular weight is 372 g/mol. The zero-order chi connectivity index (χ0) is 17.6. The number of pyridine rings is 1. The molecule has 1 aromatic carbocycles. The van der Waals surface area contributed by atoms with Crippen LogP contribution in [0.25, 0.3) is 10.9 Å². The lowest BCUT2D eigenvalue weighted by molar-refractivity contribution is -0.141. The molecule has 3 rings (SSSR count). The van der Waals surface area contributed by atoms with E-state index in [9.17, 15) is 13.2 Å². The highest BCUT2D eigenvalue weighted by Gasteiger charge is 2.33. The Morgan fingerprint density at radius 3 is 2.58 bits per heavy atom. The Balaban J connectivity index is 2.17. The van der Waals surface area contributed by atoms with Gasteiger partial charge in [0.15, 0.2) is 0 Å². The highest BCUT2D eigenvalue weighted by atomic mass is 35.5. The Bertz CT molecular complexity index is 909. The van der Waals surface area contributed by atoms with Gasteiger partial charge in [-0.2, -0.15) is 13.2 Å². The van der Waals surface area contributed by atoms with Gasteiger partial charge in [0, 0.05) is 28.2 Å². The monoisotopic (exact) mass is 371 g/mol. The summed E-state index contributed by atoms with van der Waals surface area (Å²) in [7, 11) is 0. The molecular weight excluding hydrogens is 360 g/mol. The number of benzene rings is 1. The largest absolute Gasteiger partial charge is 0.433 e.